The van der Waals surface area contributed by atoms with Crippen molar-refractivity contribution in [1.29, 1.82) is 0 Å². The molecule has 4 heteroatoms. The van der Waals surface area contributed by atoms with Crippen LogP contribution >= 0.6 is 0 Å². The van der Waals surface area contributed by atoms with Gasteiger partial charge >= 0.3 is 0 Å². The Balaban J connectivity index is 1.77. The largest absolute Gasteiger partial charge is 0.396 e. The molecule has 3 rings (SSSR count). The highest BCUT2D eigenvalue weighted by Gasteiger charge is 2.50. The fourth-order valence-electron chi connectivity index (χ4n) is 3.28. The van der Waals surface area contributed by atoms with Crippen molar-refractivity contribution in [2.75, 3.05) is 13.2 Å². The zero-order chi connectivity index (χ0) is 13.5. The van der Waals surface area contributed by atoms with Gasteiger partial charge in [0.1, 0.15) is 0 Å². The minimum atomic E-state index is -0.0999. The summed E-state index contributed by atoms with van der Waals surface area (Å²) in [7, 11) is 0. The Morgan fingerprint density at radius 1 is 1.53 bits per heavy atom. The lowest BCUT2D eigenvalue weighted by atomic mass is 9.76. The smallest absolute Gasteiger partial charge is 0.0686 e. The minimum absolute atomic E-state index is 0.0999. The molecule has 1 saturated carbocycles. The lowest BCUT2D eigenvalue weighted by molar-refractivity contribution is 0.0000236. The Hall–Kier alpha value is -0.870. The van der Waals surface area contributed by atoms with E-state index in [1.165, 1.54) is 12.8 Å². The van der Waals surface area contributed by atoms with Gasteiger partial charge in [0.25, 0.3) is 0 Å². The average molecular weight is 264 g/mol. The van der Waals surface area contributed by atoms with E-state index in [0.29, 0.717) is 12.0 Å². The number of hydrogen-bond acceptors (Lipinski definition) is 3. The normalized spacial score (nSPS) is 31.3. The topological polar surface area (TPSA) is 47.3 Å². The van der Waals surface area contributed by atoms with E-state index >= 15 is 0 Å². The van der Waals surface area contributed by atoms with E-state index in [9.17, 15) is 5.11 Å². The van der Waals surface area contributed by atoms with Crippen LogP contribution in [0.4, 0.5) is 0 Å². The van der Waals surface area contributed by atoms with Crippen LogP contribution in [0.25, 0.3) is 0 Å². The van der Waals surface area contributed by atoms with E-state index in [1.807, 2.05) is 10.9 Å². The summed E-state index contributed by atoms with van der Waals surface area (Å²) in [4.78, 5) is 0. The van der Waals surface area contributed by atoms with Crippen LogP contribution in [-0.4, -0.2) is 34.2 Å². The molecule has 0 radical (unpaired) electrons. The third kappa shape index (κ3) is 2.43. The second-order valence-electron chi connectivity index (χ2n) is 6.46. The zero-order valence-electron chi connectivity index (χ0n) is 11.9. The number of aliphatic hydroxyl groups excluding tert-OH is 1. The molecule has 1 aliphatic carbocycles. The molecular weight excluding hydrogens is 240 g/mol. The maximum absolute atomic E-state index is 9.93. The van der Waals surface area contributed by atoms with Gasteiger partial charge in [0.2, 0.25) is 0 Å². The van der Waals surface area contributed by atoms with Crippen molar-refractivity contribution in [2.45, 2.75) is 51.7 Å². The molecule has 2 fully saturated rings. The van der Waals surface area contributed by atoms with Gasteiger partial charge in [-0.25, -0.2) is 0 Å². The molecule has 2 heterocycles. The van der Waals surface area contributed by atoms with Gasteiger partial charge in [-0.05, 0) is 45.1 Å². The van der Waals surface area contributed by atoms with Crippen molar-refractivity contribution in [3.63, 3.8) is 0 Å². The van der Waals surface area contributed by atoms with Gasteiger partial charge in [0.15, 0.2) is 0 Å². The first-order valence-corrected chi connectivity index (χ1v) is 7.41. The molecule has 0 amide bonds. The summed E-state index contributed by atoms with van der Waals surface area (Å²) < 4.78 is 7.90. The molecule has 2 aliphatic rings. The monoisotopic (exact) mass is 264 g/mol. The van der Waals surface area contributed by atoms with Gasteiger partial charge in [-0.1, -0.05) is 0 Å². The quantitative estimate of drug-likeness (QED) is 0.886. The van der Waals surface area contributed by atoms with Crippen molar-refractivity contribution in [2.24, 2.45) is 11.3 Å². The average Bonchev–Trinajstić information content (AvgIpc) is 2.98. The van der Waals surface area contributed by atoms with Crippen LogP contribution in [0.5, 0.6) is 0 Å². The third-order valence-electron chi connectivity index (χ3n) is 4.59. The highest BCUT2D eigenvalue weighted by atomic mass is 16.5. The van der Waals surface area contributed by atoms with Crippen molar-refractivity contribution in [3.05, 3.63) is 18.0 Å². The van der Waals surface area contributed by atoms with Gasteiger partial charge in [0, 0.05) is 30.7 Å². The summed E-state index contributed by atoms with van der Waals surface area (Å²) in [5.41, 5.74) is 0.982. The maximum Gasteiger partial charge on any atom is 0.0686 e. The molecular formula is C15H24N2O2. The molecule has 1 aliphatic heterocycles. The summed E-state index contributed by atoms with van der Waals surface area (Å²) in [6.45, 7) is 5.25. The van der Waals surface area contributed by atoms with E-state index in [-0.39, 0.29) is 18.1 Å². The standard InChI is InChI=1S/C15H24N2O2/c1-11(2)17-7-5-13(16-17)9-15(10-18)6-8-19-14(15)12-3-4-12/h5,7,11-12,14,18H,3-4,6,8-10H2,1-2H3. The lowest BCUT2D eigenvalue weighted by Gasteiger charge is -2.31. The van der Waals surface area contributed by atoms with E-state index in [1.54, 1.807) is 0 Å². The fourth-order valence-corrected chi connectivity index (χ4v) is 3.28. The molecule has 0 aromatic carbocycles. The van der Waals surface area contributed by atoms with Gasteiger partial charge in [-0.15, -0.1) is 0 Å². The van der Waals surface area contributed by atoms with Gasteiger partial charge in [-0.3, -0.25) is 4.68 Å². The maximum atomic E-state index is 9.93. The second-order valence-corrected chi connectivity index (χ2v) is 6.46. The number of rotatable bonds is 5. The van der Waals surface area contributed by atoms with E-state index in [0.717, 1.165) is 25.1 Å². The number of aromatic nitrogens is 2. The molecule has 106 valence electrons. The summed E-state index contributed by atoms with van der Waals surface area (Å²) >= 11 is 0. The van der Waals surface area contributed by atoms with E-state index in [2.05, 4.69) is 25.0 Å². The third-order valence-corrected chi connectivity index (χ3v) is 4.59. The molecule has 1 saturated heterocycles. The number of hydrogen-bond donors (Lipinski definition) is 1. The first-order chi connectivity index (χ1) is 9.14. The summed E-state index contributed by atoms with van der Waals surface area (Å²) in [6.07, 6.45) is 6.58. The van der Waals surface area contributed by atoms with E-state index in [4.69, 9.17) is 4.74 Å². The molecule has 0 spiro atoms. The molecule has 1 N–H and O–H groups in total. The van der Waals surface area contributed by atoms with Crippen LogP contribution in [0.15, 0.2) is 12.3 Å². The highest BCUT2D eigenvalue weighted by molar-refractivity contribution is 5.09. The number of nitrogens with zero attached hydrogens (tertiary/aromatic N) is 2. The van der Waals surface area contributed by atoms with Crippen LogP contribution in [0, 0.1) is 11.3 Å². The van der Waals surface area contributed by atoms with Crippen LogP contribution in [0.2, 0.25) is 0 Å². The Kier molecular flexibility index (Phi) is 3.39. The predicted molar refractivity (Wildman–Crippen MR) is 72.9 cm³/mol. The molecule has 4 nitrogen and oxygen atoms in total. The second kappa shape index (κ2) is 4.91. The van der Waals surface area contributed by atoms with Crippen molar-refractivity contribution >= 4 is 0 Å². The molecule has 0 bridgehead atoms. The Labute approximate surface area is 114 Å². The van der Waals surface area contributed by atoms with Crippen molar-refractivity contribution < 1.29 is 9.84 Å². The first kappa shape index (κ1) is 13.1. The van der Waals surface area contributed by atoms with E-state index < -0.39 is 0 Å². The van der Waals surface area contributed by atoms with Gasteiger partial charge in [-0.2, -0.15) is 5.10 Å². The minimum Gasteiger partial charge on any atom is -0.396 e. The predicted octanol–water partition coefficient (Wildman–Crippen LogP) is 2.18. The van der Waals surface area contributed by atoms with Gasteiger partial charge in [0.05, 0.1) is 18.4 Å². The molecule has 2 unspecified atom stereocenters. The Morgan fingerprint density at radius 2 is 2.32 bits per heavy atom. The number of aliphatic hydroxyl groups is 1. The zero-order valence-corrected chi connectivity index (χ0v) is 11.9. The number of ether oxygens (including phenoxy) is 1. The SMILES string of the molecule is CC(C)n1ccc(CC2(CO)CCOC2C2CC2)n1. The summed E-state index contributed by atoms with van der Waals surface area (Å²) in [5, 5.41) is 14.6. The Bertz CT molecular complexity index is 439. The van der Waals surface area contributed by atoms with Crippen LogP contribution in [0.3, 0.4) is 0 Å². The first-order valence-electron chi connectivity index (χ1n) is 7.41. The van der Waals surface area contributed by atoms with Crippen molar-refractivity contribution in [1.82, 2.24) is 9.78 Å². The molecule has 1 aromatic heterocycles. The van der Waals surface area contributed by atoms with Gasteiger partial charge < -0.3 is 9.84 Å². The fraction of sp³-hybridized carbons (Fsp3) is 0.800. The van der Waals surface area contributed by atoms with Crippen LogP contribution in [0.1, 0.15) is 44.8 Å². The highest BCUT2D eigenvalue weighted by Crippen LogP contribution is 2.49. The summed E-state index contributed by atoms with van der Waals surface area (Å²) in [6, 6.07) is 2.47. The van der Waals surface area contributed by atoms with Crippen LogP contribution in [-0.2, 0) is 11.2 Å². The van der Waals surface area contributed by atoms with Crippen LogP contribution < -0.4 is 0 Å². The molecule has 2 atom stereocenters. The lowest BCUT2D eigenvalue weighted by Crippen LogP contribution is -2.38. The summed E-state index contributed by atoms with van der Waals surface area (Å²) in [5.74, 6) is 0.668. The Morgan fingerprint density at radius 3 is 2.89 bits per heavy atom. The van der Waals surface area contributed by atoms with Crippen molar-refractivity contribution in [3.8, 4) is 0 Å². The molecule has 1 aromatic rings. The molecule has 19 heavy (non-hydrogen) atoms.